The standard InChI is InChI=1S/C44H31NO/c1-44(2)37-23-21-32(25-36(37)42-38(44)24-22-35-34-15-9-10-16-41(34)46-43(35)42)28-17-19-29(20-18-28)33-26-39(30-11-5-3-6-12-30)45-40(27-33)31-13-7-4-8-14-31/h3-27H,1-2H3. The summed E-state index contributed by atoms with van der Waals surface area (Å²) in [6.07, 6.45) is 0. The lowest BCUT2D eigenvalue weighted by Crippen LogP contribution is -2.14. The summed E-state index contributed by atoms with van der Waals surface area (Å²) in [7, 11) is 0. The number of para-hydroxylation sites is 1. The van der Waals surface area contributed by atoms with Crippen LogP contribution >= 0.6 is 0 Å². The minimum Gasteiger partial charge on any atom is -0.455 e. The fraction of sp³-hybridized carbons (Fsp3) is 0.0682. The van der Waals surface area contributed by atoms with Gasteiger partial charge in [-0.1, -0.05) is 141 Å². The van der Waals surface area contributed by atoms with Gasteiger partial charge >= 0.3 is 0 Å². The van der Waals surface area contributed by atoms with E-state index in [0.29, 0.717) is 0 Å². The molecule has 8 aromatic rings. The van der Waals surface area contributed by atoms with E-state index in [4.69, 9.17) is 9.40 Å². The Morgan fingerprint density at radius 1 is 0.457 bits per heavy atom. The van der Waals surface area contributed by atoms with E-state index in [1.165, 1.54) is 44.2 Å². The summed E-state index contributed by atoms with van der Waals surface area (Å²) >= 11 is 0. The van der Waals surface area contributed by atoms with Crippen molar-refractivity contribution in [3.05, 3.63) is 163 Å². The molecule has 0 unspecified atom stereocenters. The molecule has 2 heteroatoms. The van der Waals surface area contributed by atoms with Gasteiger partial charge in [0.1, 0.15) is 11.2 Å². The molecule has 0 radical (unpaired) electrons. The molecule has 0 N–H and O–H groups in total. The molecular weight excluding hydrogens is 558 g/mol. The number of rotatable bonds is 4. The molecule has 0 spiro atoms. The Morgan fingerprint density at radius 2 is 1.02 bits per heavy atom. The van der Waals surface area contributed by atoms with Crippen LogP contribution in [0, 0.1) is 0 Å². The molecule has 218 valence electrons. The summed E-state index contributed by atoms with van der Waals surface area (Å²) in [4.78, 5) is 5.06. The topological polar surface area (TPSA) is 26.0 Å². The molecule has 6 aromatic carbocycles. The first-order valence-electron chi connectivity index (χ1n) is 15.9. The lowest BCUT2D eigenvalue weighted by Gasteiger charge is -2.21. The van der Waals surface area contributed by atoms with Crippen molar-refractivity contribution in [2.45, 2.75) is 19.3 Å². The molecule has 2 aromatic heterocycles. The molecule has 0 saturated heterocycles. The van der Waals surface area contributed by atoms with E-state index in [1.807, 2.05) is 18.2 Å². The van der Waals surface area contributed by atoms with E-state index >= 15 is 0 Å². The quantitative estimate of drug-likeness (QED) is 0.204. The van der Waals surface area contributed by atoms with Gasteiger partial charge in [0, 0.05) is 32.9 Å². The molecule has 1 aliphatic carbocycles. The van der Waals surface area contributed by atoms with Crippen molar-refractivity contribution < 1.29 is 4.42 Å². The predicted octanol–water partition coefficient (Wildman–Crippen LogP) is 12.0. The Labute approximate surface area is 268 Å². The SMILES string of the molecule is CC1(C)c2ccc(-c3ccc(-c4cc(-c5ccccc5)nc(-c5ccccc5)c4)cc3)cc2-c2c1ccc1c2oc2ccccc21. The largest absolute Gasteiger partial charge is 0.455 e. The van der Waals surface area contributed by atoms with Crippen LogP contribution < -0.4 is 0 Å². The number of nitrogens with zero attached hydrogens (tertiary/aromatic N) is 1. The molecule has 2 heterocycles. The zero-order valence-electron chi connectivity index (χ0n) is 25.8. The smallest absolute Gasteiger partial charge is 0.143 e. The normalized spacial score (nSPS) is 13.2. The monoisotopic (exact) mass is 589 g/mol. The Hall–Kier alpha value is -5.73. The Morgan fingerprint density at radius 3 is 1.70 bits per heavy atom. The summed E-state index contributed by atoms with van der Waals surface area (Å²) in [5.74, 6) is 0. The Balaban J connectivity index is 1.14. The predicted molar refractivity (Wildman–Crippen MR) is 191 cm³/mol. The van der Waals surface area contributed by atoms with Crippen LogP contribution in [0.25, 0.3) is 77.8 Å². The van der Waals surface area contributed by atoms with E-state index in [9.17, 15) is 0 Å². The molecule has 1 aliphatic rings. The van der Waals surface area contributed by atoms with Crippen LogP contribution in [0.5, 0.6) is 0 Å². The number of furan rings is 1. The molecular formula is C44H31NO. The first-order chi connectivity index (χ1) is 22.5. The molecule has 0 atom stereocenters. The van der Waals surface area contributed by atoms with Crippen molar-refractivity contribution in [1.82, 2.24) is 4.98 Å². The minimum absolute atomic E-state index is 0.103. The summed E-state index contributed by atoms with van der Waals surface area (Å²) < 4.78 is 6.53. The van der Waals surface area contributed by atoms with Crippen molar-refractivity contribution in [3.8, 4) is 55.9 Å². The molecule has 0 saturated carbocycles. The molecule has 0 amide bonds. The van der Waals surface area contributed by atoms with E-state index in [2.05, 4.69) is 147 Å². The lowest BCUT2D eigenvalue weighted by molar-refractivity contribution is 0.653. The van der Waals surface area contributed by atoms with Crippen LogP contribution in [0.4, 0.5) is 0 Å². The zero-order valence-corrected chi connectivity index (χ0v) is 25.8. The molecule has 2 nitrogen and oxygen atoms in total. The van der Waals surface area contributed by atoms with Crippen LogP contribution in [0.3, 0.4) is 0 Å². The van der Waals surface area contributed by atoms with E-state index in [0.717, 1.165) is 44.8 Å². The maximum Gasteiger partial charge on any atom is 0.143 e. The van der Waals surface area contributed by atoms with E-state index in [1.54, 1.807) is 0 Å². The highest BCUT2D eigenvalue weighted by atomic mass is 16.3. The third-order valence-corrected chi connectivity index (χ3v) is 9.70. The zero-order chi connectivity index (χ0) is 30.8. The summed E-state index contributed by atoms with van der Waals surface area (Å²) in [5, 5.41) is 2.34. The van der Waals surface area contributed by atoms with Gasteiger partial charge in [0.15, 0.2) is 0 Å². The summed E-state index contributed by atoms with van der Waals surface area (Å²) in [6.45, 7) is 4.64. The molecule has 0 bridgehead atoms. The van der Waals surface area contributed by atoms with Gasteiger partial charge in [-0.3, -0.25) is 0 Å². The third-order valence-electron chi connectivity index (χ3n) is 9.70. The highest BCUT2D eigenvalue weighted by Crippen LogP contribution is 2.53. The van der Waals surface area contributed by atoms with Gasteiger partial charge in [-0.2, -0.15) is 0 Å². The van der Waals surface area contributed by atoms with Gasteiger partial charge < -0.3 is 4.42 Å². The van der Waals surface area contributed by atoms with Crippen LogP contribution in [0.2, 0.25) is 0 Å². The first-order valence-corrected chi connectivity index (χ1v) is 15.9. The fourth-order valence-corrected chi connectivity index (χ4v) is 7.26. The number of aromatic nitrogens is 1. The van der Waals surface area contributed by atoms with Crippen molar-refractivity contribution in [2.75, 3.05) is 0 Å². The number of pyridine rings is 1. The van der Waals surface area contributed by atoms with E-state index in [-0.39, 0.29) is 5.41 Å². The second-order valence-electron chi connectivity index (χ2n) is 12.8. The average molecular weight is 590 g/mol. The van der Waals surface area contributed by atoms with Crippen LogP contribution in [0.15, 0.2) is 156 Å². The van der Waals surface area contributed by atoms with Gasteiger partial charge in [0.25, 0.3) is 0 Å². The minimum atomic E-state index is -0.103. The lowest BCUT2D eigenvalue weighted by atomic mass is 9.82. The van der Waals surface area contributed by atoms with Crippen molar-refractivity contribution in [2.24, 2.45) is 0 Å². The van der Waals surface area contributed by atoms with Gasteiger partial charge in [0.05, 0.1) is 11.4 Å². The van der Waals surface area contributed by atoms with Gasteiger partial charge in [-0.25, -0.2) is 4.98 Å². The van der Waals surface area contributed by atoms with Gasteiger partial charge in [-0.15, -0.1) is 0 Å². The van der Waals surface area contributed by atoms with Gasteiger partial charge in [-0.05, 0) is 63.2 Å². The maximum absolute atomic E-state index is 6.53. The number of hydrogen-bond acceptors (Lipinski definition) is 2. The third kappa shape index (κ3) is 4.14. The van der Waals surface area contributed by atoms with Gasteiger partial charge in [0.2, 0.25) is 0 Å². The van der Waals surface area contributed by atoms with Crippen LogP contribution in [-0.4, -0.2) is 4.98 Å². The average Bonchev–Trinajstić information content (AvgIpc) is 3.61. The van der Waals surface area contributed by atoms with Crippen LogP contribution in [-0.2, 0) is 5.41 Å². The van der Waals surface area contributed by atoms with Crippen molar-refractivity contribution >= 4 is 21.9 Å². The summed E-state index contributed by atoms with van der Waals surface area (Å²) in [5.41, 5.74) is 15.8. The van der Waals surface area contributed by atoms with Crippen molar-refractivity contribution in [3.63, 3.8) is 0 Å². The fourth-order valence-electron chi connectivity index (χ4n) is 7.26. The highest BCUT2D eigenvalue weighted by molar-refractivity contribution is 6.12. The second-order valence-corrected chi connectivity index (χ2v) is 12.8. The number of benzene rings is 6. The van der Waals surface area contributed by atoms with Crippen molar-refractivity contribution in [1.29, 1.82) is 0 Å². The Bertz CT molecular complexity index is 2360. The van der Waals surface area contributed by atoms with E-state index < -0.39 is 0 Å². The second kappa shape index (κ2) is 10.2. The molecule has 9 rings (SSSR count). The maximum atomic E-state index is 6.53. The highest BCUT2D eigenvalue weighted by Gasteiger charge is 2.37. The molecule has 0 fully saturated rings. The first kappa shape index (κ1) is 26.7. The molecule has 46 heavy (non-hydrogen) atoms. The number of fused-ring (bicyclic) bond motifs is 7. The molecule has 0 aliphatic heterocycles. The Kier molecular flexibility index (Phi) is 5.88. The van der Waals surface area contributed by atoms with Crippen LogP contribution in [0.1, 0.15) is 25.0 Å². The summed E-state index contributed by atoms with van der Waals surface area (Å²) in [6, 6.07) is 54.0. The number of hydrogen-bond donors (Lipinski definition) is 0.